The van der Waals surface area contributed by atoms with Crippen LogP contribution in [-0.2, 0) is 11.8 Å². The summed E-state index contributed by atoms with van der Waals surface area (Å²) in [7, 11) is 0. The van der Waals surface area contributed by atoms with E-state index in [0.29, 0.717) is 23.0 Å². The molecule has 2 fully saturated rings. The standard InChI is InChI=1S/C31H30F6N2O3/c32-30(33,34)41-25-10-4-8-23(16-25)29(18-20-6-2-1-3-7-20,24-9-5-11-26(17-24)42-31(35,36)37)19-38-28(40)39-27-15-21-12-13-22(27)14-21/h1-11,16-17,21-22,27H,12-15,18-19H2,(H2,38,39,40)/t21-,22+,27-/m1/s1. The molecule has 42 heavy (non-hydrogen) atoms. The molecule has 5 nitrogen and oxygen atoms in total. The van der Waals surface area contributed by atoms with Crippen LogP contribution in [0.3, 0.4) is 0 Å². The molecule has 11 heteroatoms. The molecule has 0 aliphatic heterocycles. The summed E-state index contributed by atoms with van der Waals surface area (Å²) in [6.07, 6.45) is -5.63. The van der Waals surface area contributed by atoms with Crippen LogP contribution < -0.4 is 20.1 Å². The summed E-state index contributed by atoms with van der Waals surface area (Å²) in [6, 6.07) is 19.1. The van der Waals surface area contributed by atoms with Gasteiger partial charge < -0.3 is 20.1 Å². The van der Waals surface area contributed by atoms with E-state index in [0.717, 1.165) is 43.4 Å². The van der Waals surface area contributed by atoms with Crippen molar-refractivity contribution in [1.29, 1.82) is 0 Å². The van der Waals surface area contributed by atoms with Gasteiger partial charge in [0.2, 0.25) is 0 Å². The number of urea groups is 1. The Hall–Kier alpha value is -3.89. The molecule has 224 valence electrons. The van der Waals surface area contributed by atoms with Gasteiger partial charge in [0.25, 0.3) is 0 Å². The summed E-state index contributed by atoms with van der Waals surface area (Å²) in [4.78, 5) is 13.2. The minimum Gasteiger partial charge on any atom is -0.406 e. The molecule has 0 unspecified atom stereocenters. The molecule has 2 aliphatic rings. The minimum absolute atomic E-state index is 0.0271. The Morgan fingerprint density at radius 2 is 1.36 bits per heavy atom. The number of hydrogen-bond acceptors (Lipinski definition) is 3. The van der Waals surface area contributed by atoms with Crippen molar-refractivity contribution in [2.75, 3.05) is 6.54 Å². The number of amides is 2. The van der Waals surface area contributed by atoms with Crippen LogP contribution in [-0.4, -0.2) is 31.3 Å². The molecular formula is C31H30F6N2O3. The lowest BCUT2D eigenvalue weighted by Gasteiger charge is -2.36. The van der Waals surface area contributed by atoms with Gasteiger partial charge in [-0.15, -0.1) is 26.3 Å². The first kappa shape index (κ1) is 29.6. The summed E-state index contributed by atoms with van der Waals surface area (Å²) in [5.74, 6) is 0.00516. The van der Waals surface area contributed by atoms with Crippen LogP contribution in [0.5, 0.6) is 11.5 Å². The van der Waals surface area contributed by atoms with E-state index < -0.39 is 35.7 Å². The highest BCUT2D eigenvalue weighted by molar-refractivity contribution is 5.74. The third kappa shape index (κ3) is 7.30. The van der Waals surface area contributed by atoms with Gasteiger partial charge in [0.05, 0.1) is 0 Å². The topological polar surface area (TPSA) is 59.6 Å². The number of fused-ring (bicyclic) bond motifs is 2. The van der Waals surface area contributed by atoms with Crippen molar-refractivity contribution >= 4 is 6.03 Å². The van der Waals surface area contributed by atoms with Gasteiger partial charge in [-0.2, -0.15) is 0 Å². The zero-order valence-corrected chi connectivity index (χ0v) is 22.5. The van der Waals surface area contributed by atoms with Crippen molar-refractivity contribution in [3.63, 3.8) is 0 Å². The van der Waals surface area contributed by atoms with Gasteiger partial charge in [0, 0.05) is 18.0 Å². The fraction of sp³-hybridized carbons (Fsp3) is 0.387. The first-order valence-corrected chi connectivity index (χ1v) is 13.7. The van der Waals surface area contributed by atoms with Crippen LogP contribution in [0.1, 0.15) is 42.4 Å². The van der Waals surface area contributed by atoms with Gasteiger partial charge in [-0.05, 0) is 78.5 Å². The largest absolute Gasteiger partial charge is 0.573 e. The maximum Gasteiger partial charge on any atom is 0.573 e. The zero-order valence-electron chi connectivity index (χ0n) is 22.5. The number of ether oxygens (including phenoxy) is 2. The van der Waals surface area contributed by atoms with Crippen molar-refractivity contribution in [1.82, 2.24) is 10.6 Å². The first-order chi connectivity index (χ1) is 19.9. The first-order valence-electron chi connectivity index (χ1n) is 13.7. The summed E-state index contributed by atoms with van der Waals surface area (Å²) < 4.78 is 87.3. The smallest absolute Gasteiger partial charge is 0.406 e. The summed E-state index contributed by atoms with van der Waals surface area (Å²) in [5.41, 5.74) is 0.0376. The second-order valence-corrected chi connectivity index (χ2v) is 11.0. The molecule has 3 aromatic rings. The Balaban J connectivity index is 1.55. The highest BCUT2D eigenvalue weighted by Gasteiger charge is 2.41. The van der Waals surface area contributed by atoms with E-state index in [-0.39, 0.29) is 19.0 Å². The maximum absolute atomic E-state index is 13.2. The number of rotatable bonds is 9. The fourth-order valence-electron chi connectivity index (χ4n) is 6.44. The Morgan fingerprint density at radius 1 is 0.762 bits per heavy atom. The molecule has 2 bridgehead atoms. The van der Waals surface area contributed by atoms with Crippen molar-refractivity contribution in [3.8, 4) is 11.5 Å². The SMILES string of the molecule is O=C(NCC(Cc1ccccc1)(c1cccc(OC(F)(F)F)c1)c1cccc(OC(F)(F)F)c1)N[C@@H]1C[C@@H]2CC[C@H]1C2. The maximum atomic E-state index is 13.2. The van der Waals surface area contributed by atoms with Gasteiger partial charge in [0.15, 0.2) is 0 Å². The normalized spacial score (nSPS) is 20.3. The summed E-state index contributed by atoms with van der Waals surface area (Å²) in [5, 5.41) is 5.92. The van der Waals surface area contributed by atoms with Crippen LogP contribution in [0.25, 0.3) is 0 Å². The lowest BCUT2D eigenvalue weighted by atomic mass is 9.70. The molecule has 0 spiro atoms. The fourth-order valence-corrected chi connectivity index (χ4v) is 6.44. The van der Waals surface area contributed by atoms with Crippen molar-refractivity contribution < 1.29 is 40.6 Å². The van der Waals surface area contributed by atoms with Crippen molar-refractivity contribution in [3.05, 3.63) is 95.6 Å². The molecule has 0 saturated heterocycles. The Kier molecular flexibility index (Phi) is 8.30. The number of hydrogen-bond donors (Lipinski definition) is 2. The minimum atomic E-state index is -4.96. The third-order valence-electron chi connectivity index (χ3n) is 8.19. The van der Waals surface area contributed by atoms with Crippen molar-refractivity contribution in [2.45, 2.75) is 56.3 Å². The lowest BCUT2D eigenvalue weighted by molar-refractivity contribution is -0.275. The Morgan fingerprint density at radius 3 is 1.86 bits per heavy atom. The predicted octanol–water partition coefficient (Wildman–Crippen LogP) is 7.50. The molecule has 2 saturated carbocycles. The Labute approximate surface area is 239 Å². The average molecular weight is 593 g/mol. The molecule has 0 heterocycles. The number of carbonyl (C=O) groups excluding carboxylic acids is 1. The highest BCUT2D eigenvalue weighted by Crippen LogP contribution is 2.44. The van der Waals surface area contributed by atoms with E-state index in [4.69, 9.17) is 0 Å². The third-order valence-corrected chi connectivity index (χ3v) is 8.19. The molecule has 5 rings (SSSR count). The second kappa shape index (κ2) is 11.8. The van der Waals surface area contributed by atoms with Crippen LogP contribution in [0.15, 0.2) is 78.9 Å². The molecular weight excluding hydrogens is 562 g/mol. The number of carbonyl (C=O) groups is 1. The zero-order chi connectivity index (χ0) is 30.0. The van der Waals surface area contributed by atoms with Gasteiger partial charge in [-0.3, -0.25) is 0 Å². The molecule has 0 aromatic heterocycles. The van der Waals surface area contributed by atoms with Crippen LogP contribution >= 0.6 is 0 Å². The van der Waals surface area contributed by atoms with Gasteiger partial charge in [-0.1, -0.05) is 61.0 Å². The van der Waals surface area contributed by atoms with E-state index in [1.807, 2.05) is 0 Å². The van der Waals surface area contributed by atoms with Crippen molar-refractivity contribution in [2.24, 2.45) is 11.8 Å². The van der Waals surface area contributed by atoms with Gasteiger partial charge in [-0.25, -0.2) is 4.79 Å². The van der Waals surface area contributed by atoms with Gasteiger partial charge >= 0.3 is 18.8 Å². The molecule has 2 amide bonds. The highest BCUT2D eigenvalue weighted by atomic mass is 19.4. The Bertz CT molecular complexity index is 1320. The number of halogens is 6. The van der Waals surface area contributed by atoms with Crippen LogP contribution in [0.4, 0.5) is 31.1 Å². The average Bonchev–Trinajstić information content (AvgIpc) is 3.54. The van der Waals surface area contributed by atoms with E-state index >= 15 is 0 Å². The number of alkyl halides is 6. The van der Waals surface area contributed by atoms with E-state index in [2.05, 4.69) is 20.1 Å². The quantitative estimate of drug-likeness (QED) is 0.253. The van der Waals surface area contributed by atoms with Crippen LogP contribution in [0, 0.1) is 11.8 Å². The number of benzene rings is 3. The van der Waals surface area contributed by atoms with Crippen LogP contribution in [0.2, 0.25) is 0 Å². The summed E-state index contributed by atoms with van der Waals surface area (Å²) in [6.45, 7) is -0.139. The second-order valence-electron chi connectivity index (χ2n) is 11.0. The van der Waals surface area contributed by atoms with Gasteiger partial charge in [0.1, 0.15) is 11.5 Å². The lowest BCUT2D eigenvalue weighted by Crippen LogP contribution is -2.50. The summed E-state index contributed by atoms with van der Waals surface area (Å²) >= 11 is 0. The van der Waals surface area contributed by atoms with E-state index in [1.54, 1.807) is 42.5 Å². The predicted molar refractivity (Wildman–Crippen MR) is 143 cm³/mol. The van der Waals surface area contributed by atoms with E-state index in [1.165, 1.54) is 24.3 Å². The molecule has 3 aromatic carbocycles. The molecule has 2 N–H and O–H groups in total. The molecule has 2 aliphatic carbocycles. The molecule has 3 atom stereocenters. The molecule has 0 radical (unpaired) electrons. The number of nitrogens with one attached hydrogen (secondary N) is 2. The van der Waals surface area contributed by atoms with E-state index in [9.17, 15) is 31.1 Å². The monoisotopic (exact) mass is 592 g/mol.